The number of rotatable bonds is 3. The third kappa shape index (κ3) is 3.75. The van der Waals surface area contributed by atoms with Crippen molar-refractivity contribution >= 4 is 50.2 Å². The van der Waals surface area contributed by atoms with Crippen LogP contribution in [-0.2, 0) is 0 Å². The zero-order chi connectivity index (χ0) is 19.0. The van der Waals surface area contributed by atoms with Crippen LogP contribution >= 0.6 is 27.5 Å². The Hall–Kier alpha value is -2.63. The summed E-state index contributed by atoms with van der Waals surface area (Å²) in [6, 6.07) is 18.3. The Morgan fingerprint density at radius 1 is 1.11 bits per heavy atom. The van der Waals surface area contributed by atoms with E-state index in [1.54, 1.807) is 30.3 Å². The van der Waals surface area contributed by atoms with Crippen LogP contribution in [0.4, 0.5) is 5.69 Å². The van der Waals surface area contributed by atoms with Crippen molar-refractivity contribution < 1.29 is 9.21 Å². The summed E-state index contributed by atoms with van der Waals surface area (Å²) in [6.45, 7) is 1.94. The fourth-order valence-corrected chi connectivity index (χ4v) is 3.30. The number of hydrogen-bond acceptors (Lipinski definition) is 3. The molecular weight excluding hydrogens is 428 g/mol. The standard InChI is InChI=1S/C21H14BrClN2O2/c1-12-5-6-14(21-25-18-11-16(23)7-8-19(18)27-21)10-17(12)24-20(26)13-3-2-4-15(22)9-13/h2-11H,1H3,(H,24,26). The Morgan fingerprint density at radius 2 is 1.96 bits per heavy atom. The van der Waals surface area contributed by atoms with Crippen molar-refractivity contribution in [3.63, 3.8) is 0 Å². The second-order valence-electron chi connectivity index (χ2n) is 6.13. The molecule has 0 saturated heterocycles. The summed E-state index contributed by atoms with van der Waals surface area (Å²) in [7, 11) is 0. The molecule has 0 aliphatic heterocycles. The summed E-state index contributed by atoms with van der Waals surface area (Å²) in [6.07, 6.45) is 0. The summed E-state index contributed by atoms with van der Waals surface area (Å²) in [5.74, 6) is 0.297. The highest BCUT2D eigenvalue weighted by atomic mass is 79.9. The first-order valence-corrected chi connectivity index (χ1v) is 9.41. The van der Waals surface area contributed by atoms with Gasteiger partial charge in [-0.25, -0.2) is 4.98 Å². The van der Waals surface area contributed by atoms with Crippen LogP contribution in [0.1, 0.15) is 15.9 Å². The SMILES string of the molecule is Cc1ccc(-c2nc3cc(Cl)ccc3o2)cc1NC(=O)c1cccc(Br)c1. The van der Waals surface area contributed by atoms with Crippen LogP contribution in [0.5, 0.6) is 0 Å². The molecule has 0 radical (unpaired) electrons. The minimum atomic E-state index is -0.180. The van der Waals surface area contributed by atoms with E-state index >= 15 is 0 Å². The van der Waals surface area contributed by atoms with Crippen LogP contribution in [-0.4, -0.2) is 10.9 Å². The van der Waals surface area contributed by atoms with Gasteiger partial charge in [0.15, 0.2) is 5.58 Å². The highest BCUT2D eigenvalue weighted by molar-refractivity contribution is 9.10. The number of nitrogens with zero attached hydrogens (tertiary/aromatic N) is 1. The Kier molecular flexibility index (Phi) is 4.72. The average molecular weight is 442 g/mol. The highest BCUT2D eigenvalue weighted by Gasteiger charge is 2.13. The molecule has 1 N–H and O–H groups in total. The van der Waals surface area contributed by atoms with Crippen LogP contribution in [0.15, 0.2) is 69.6 Å². The first-order valence-electron chi connectivity index (χ1n) is 8.23. The second-order valence-corrected chi connectivity index (χ2v) is 7.48. The van der Waals surface area contributed by atoms with Gasteiger partial charge in [0, 0.05) is 26.3 Å². The first-order chi connectivity index (χ1) is 13.0. The van der Waals surface area contributed by atoms with E-state index in [0.717, 1.165) is 15.6 Å². The quantitative estimate of drug-likeness (QED) is 0.396. The lowest BCUT2D eigenvalue weighted by Gasteiger charge is -2.10. The topological polar surface area (TPSA) is 55.1 Å². The smallest absolute Gasteiger partial charge is 0.255 e. The number of anilines is 1. The molecule has 27 heavy (non-hydrogen) atoms. The Bertz CT molecular complexity index is 1170. The highest BCUT2D eigenvalue weighted by Crippen LogP contribution is 2.29. The maximum Gasteiger partial charge on any atom is 0.255 e. The maximum absolute atomic E-state index is 12.6. The minimum absolute atomic E-state index is 0.180. The van der Waals surface area contributed by atoms with E-state index in [2.05, 4.69) is 26.2 Å². The number of benzene rings is 3. The Morgan fingerprint density at radius 3 is 2.78 bits per heavy atom. The zero-order valence-electron chi connectivity index (χ0n) is 14.3. The van der Waals surface area contributed by atoms with Crippen LogP contribution in [0.25, 0.3) is 22.6 Å². The lowest BCUT2D eigenvalue weighted by Crippen LogP contribution is -2.12. The van der Waals surface area contributed by atoms with Gasteiger partial charge >= 0.3 is 0 Å². The van der Waals surface area contributed by atoms with E-state index in [1.807, 2.05) is 37.3 Å². The number of hydrogen-bond donors (Lipinski definition) is 1. The van der Waals surface area contributed by atoms with E-state index in [-0.39, 0.29) is 5.91 Å². The molecule has 0 fully saturated rings. The van der Waals surface area contributed by atoms with Gasteiger partial charge in [0.2, 0.25) is 5.89 Å². The van der Waals surface area contributed by atoms with Gasteiger partial charge in [0.05, 0.1) is 0 Å². The lowest BCUT2D eigenvalue weighted by molar-refractivity contribution is 0.102. The fourth-order valence-electron chi connectivity index (χ4n) is 2.74. The van der Waals surface area contributed by atoms with Crippen molar-refractivity contribution in [2.75, 3.05) is 5.32 Å². The summed E-state index contributed by atoms with van der Waals surface area (Å²) in [5.41, 5.74) is 4.36. The molecule has 4 nitrogen and oxygen atoms in total. The van der Waals surface area contributed by atoms with Crippen molar-refractivity contribution in [2.24, 2.45) is 0 Å². The lowest BCUT2D eigenvalue weighted by atomic mass is 10.1. The molecule has 1 aromatic heterocycles. The Balaban J connectivity index is 1.67. The second kappa shape index (κ2) is 7.18. The summed E-state index contributed by atoms with van der Waals surface area (Å²) < 4.78 is 6.67. The van der Waals surface area contributed by atoms with Gasteiger partial charge in [0.1, 0.15) is 5.52 Å². The van der Waals surface area contributed by atoms with Crippen LogP contribution in [0.2, 0.25) is 5.02 Å². The van der Waals surface area contributed by atoms with Crippen molar-refractivity contribution in [1.82, 2.24) is 4.98 Å². The van der Waals surface area contributed by atoms with Gasteiger partial charge in [0.25, 0.3) is 5.91 Å². The molecule has 0 aliphatic rings. The molecule has 6 heteroatoms. The van der Waals surface area contributed by atoms with Gasteiger partial charge in [-0.05, 0) is 61.0 Å². The number of nitrogens with one attached hydrogen (secondary N) is 1. The number of halogens is 2. The van der Waals surface area contributed by atoms with Gasteiger partial charge in [-0.2, -0.15) is 0 Å². The predicted octanol–water partition coefficient (Wildman–Crippen LogP) is 6.47. The Labute approximate surface area is 169 Å². The minimum Gasteiger partial charge on any atom is -0.436 e. The van der Waals surface area contributed by atoms with Crippen LogP contribution in [0, 0.1) is 6.92 Å². The molecule has 0 atom stereocenters. The first kappa shape index (κ1) is 17.8. The molecule has 0 spiro atoms. The van der Waals surface area contributed by atoms with Gasteiger partial charge in [-0.3, -0.25) is 4.79 Å². The molecule has 1 heterocycles. The van der Waals surface area contributed by atoms with Crippen LogP contribution < -0.4 is 5.32 Å². The van der Waals surface area contributed by atoms with Crippen molar-refractivity contribution in [3.05, 3.63) is 81.3 Å². The molecular formula is C21H14BrClN2O2. The van der Waals surface area contributed by atoms with E-state index in [9.17, 15) is 4.79 Å². The molecule has 0 unspecified atom stereocenters. The summed E-state index contributed by atoms with van der Waals surface area (Å²) in [5, 5.41) is 3.56. The predicted molar refractivity (Wildman–Crippen MR) is 111 cm³/mol. The van der Waals surface area contributed by atoms with Crippen molar-refractivity contribution in [1.29, 1.82) is 0 Å². The number of oxazole rings is 1. The van der Waals surface area contributed by atoms with E-state index in [4.69, 9.17) is 16.0 Å². The zero-order valence-corrected chi connectivity index (χ0v) is 16.6. The molecule has 4 rings (SSSR count). The van der Waals surface area contributed by atoms with Gasteiger partial charge < -0.3 is 9.73 Å². The normalized spacial score (nSPS) is 10.9. The molecule has 0 saturated carbocycles. The number of aryl methyl sites for hydroxylation is 1. The number of carbonyl (C=O) groups is 1. The number of aromatic nitrogens is 1. The van der Waals surface area contributed by atoms with E-state index in [1.165, 1.54) is 0 Å². The maximum atomic E-state index is 12.6. The average Bonchev–Trinajstić information content (AvgIpc) is 3.06. The number of carbonyl (C=O) groups excluding carboxylic acids is 1. The van der Waals surface area contributed by atoms with Crippen molar-refractivity contribution in [2.45, 2.75) is 6.92 Å². The van der Waals surface area contributed by atoms with Gasteiger partial charge in [-0.15, -0.1) is 0 Å². The largest absolute Gasteiger partial charge is 0.436 e. The number of amides is 1. The fraction of sp³-hybridized carbons (Fsp3) is 0.0476. The van der Waals surface area contributed by atoms with Crippen LogP contribution in [0.3, 0.4) is 0 Å². The number of fused-ring (bicyclic) bond motifs is 1. The van der Waals surface area contributed by atoms with E-state index < -0.39 is 0 Å². The molecule has 4 aromatic rings. The molecule has 1 amide bonds. The molecule has 0 bridgehead atoms. The van der Waals surface area contributed by atoms with Crippen molar-refractivity contribution in [3.8, 4) is 11.5 Å². The monoisotopic (exact) mass is 440 g/mol. The summed E-state index contributed by atoms with van der Waals surface area (Å²) in [4.78, 5) is 17.1. The third-order valence-corrected chi connectivity index (χ3v) is 4.90. The third-order valence-electron chi connectivity index (χ3n) is 4.17. The molecule has 3 aromatic carbocycles. The van der Waals surface area contributed by atoms with Gasteiger partial charge in [-0.1, -0.05) is 39.7 Å². The molecule has 134 valence electrons. The van der Waals surface area contributed by atoms with E-state index in [0.29, 0.717) is 33.3 Å². The summed E-state index contributed by atoms with van der Waals surface area (Å²) >= 11 is 9.40. The molecule has 0 aliphatic carbocycles.